The first-order valence-corrected chi connectivity index (χ1v) is 8.60. The van der Waals surface area contributed by atoms with Crippen molar-refractivity contribution in [1.29, 1.82) is 0 Å². The van der Waals surface area contributed by atoms with Gasteiger partial charge in [0.05, 0.1) is 10.4 Å². The minimum Gasteiger partial charge on any atom is -0.489 e. The number of nitrogens with one attached hydrogen (secondary N) is 1. The Hall–Kier alpha value is -2.67. The van der Waals surface area contributed by atoms with Crippen LogP contribution in [0.3, 0.4) is 0 Å². The molecule has 1 aromatic heterocycles. The van der Waals surface area contributed by atoms with Crippen molar-refractivity contribution in [3.63, 3.8) is 0 Å². The number of para-hydroxylation sites is 1. The van der Waals surface area contributed by atoms with Crippen LogP contribution in [0.25, 0.3) is 0 Å². The molecule has 25 heavy (non-hydrogen) atoms. The van der Waals surface area contributed by atoms with Crippen molar-refractivity contribution >= 4 is 29.0 Å². The molecule has 0 fully saturated rings. The lowest BCUT2D eigenvalue weighted by Crippen LogP contribution is -2.39. The number of rotatable bonds is 8. The van der Waals surface area contributed by atoms with Crippen molar-refractivity contribution < 1.29 is 23.9 Å². The molecule has 1 amide bonds. The highest BCUT2D eigenvalue weighted by Crippen LogP contribution is 2.18. The Morgan fingerprint density at radius 2 is 1.88 bits per heavy atom. The van der Waals surface area contributed by atoms with Crippen LogP contribution in [0.2, 0.25) is 0 Å². The number of hydrogen-bond donors (Lipinski definition) is 1. The lowest BCUT2D eigenvalue weighted by atomic mass is 10.1. The monoisotopic (exact) mass is 361 g/mol. The van der Waals surface area contributed by atoms with Gasteiger partial charge in [0.1, 0.15) is 25.0 Å². The van der Waals surface area contributed by atoms with Gasteiger partial charge in [0.2, 0.25) is 0 Å². The molecule has 6 nitrogen and oxygen atoms in total. The molecule has 0 saturated heterocycles. The van der Waals surface area contributed by atoms with Crippen molar-refractivity contribution in [3.8, 4) is 5.75 Å². The maximum absolute atomic E-state index is 11.9. The minimum absolute atomic E-state index is 0.0181. The number of ether oxygens (including phenoxy) is 2. The molecular weight excluding hydrogens is 342 g/mol. The number of amides is 1. The van der Waals surface area contributed by atoms with Crippen LogP contribution in [0.1, 0.15) is 33.9 Å². The molecule has 132 valence electrons. The molecule has 0 radical (unpaired) electrons. The summed E-state index contributed by atoms with van der Waals surface area (Å²) in [5.74, 6) is -0.512. The summed E-state index contributed by atoms with van der Waals surface area (Å²) in [5, 5.41) is 4.36. The standard InChI is InChI=1S/C18H19NO5S/c1-12(19-17(21)16-8-5-11-25-16)18(22)24-10-9-23-15-7-4-3-6-14(15)13(2)20/h3-8,11-12H,9-10H2,1-2H3,(H,19,21)/t12-/m1/s1. The summed E-state index contributed by atoms with van der Waals surface area (Å²) in [7, 11) is 0. The van der Waals surface area contributed by atoms with Gasteiger partial charge < -0.3 is 14.8 Å². The molecule has 7 heteroatoms. The summed E-state index contributed by atoms with van der Waals surface area (Å²) < 4.78 is 10.6. The van der Waals surface area contributed by atoms with Crippen LogP contribution in [0.5, 0.6) is 5.75 Å². The number of carbonyl (C=O) groups excluding carboxylic acids is 3. The van der Waals surface area contributed by atoms with Gasteiger partial charge in [-0.3, -0.25) is 9.59 Å². The summed E-state index contributed by atoms with van der Waals surface area (Å²) in [5.41, 5.74) is 0.477. The van der Waals surface area contributed by atoms with Crippen molar-refractivity contribution in [2.24, 2.45) is 0 Å². The number of ketones is 1. The molecule has 0 bridgehead atoms. The molecule has 0 spiro atoms. The van der Waals surface area contributed by atoms with Gasteiger partial charge in [-0.15, -0.1) is 11.3 Å². The summed E-state index contributed by atoms with van der Waals surface area (Å²) in [6.45, 7) is 3.14. The lowest BCUT2D eigenvalue weighted by Gasteiger charge is -2.14. The van der Waals surface area contributed by atoms with E-state index in [1.54, 1.807) is 48.7 Å². The molecule has 1 aromatic carbocycles. The maximum atomic E-state index is 11.9. The van der Waals surface area contributed by atoms with Crippen LogP contribution in [0.4, 0.5) is 0 Å². The maximum Gasteiger partial charge on any atom is 0.328 e. The van der Waals surface area contributed by atoms with Gasteiger partial charge in [-0.1, -0.05) is 18.2 Å². The SMILES string of the molecule is CC(=O)c1ccccc1OCCOC(=O)[C@@H](C)NC(=O)c1cccs1. The molecule has 1 heterocycles. The highest BCUT2D eigenvalue weighted by molar-refractivity contribution is 7.12. The third kappa shape index (κ3) is 5.42. The number of Topliss-reactive ketones (excluding diaryl/α,β-unsaturated/α-hetero) is 1. The van der Waals surface area contributed by atoms with Crippen LogP contribution < -0.4 is 10.1 Å². The molecule has 0 saturated carbocycles. The molecule has 2 rings (SSSR count). The van der Waals surface area contributed by atoms with Gasteiger partial charge in [-0.05, 0) is 37.4 Å². The first kappa shape index (κ1) is 18.7. The summed E-state index contributed by atoms with van der Waals surface area (Å²) in [6, 6.07) is 9.54. The summed E-state index contributed by atoms with van der Waals surface area (Å²) in [6.07, 6.45) is 0. The van der Waals surface area contributed by atoms with Gasteiger partial charge in [-0.25, -0.2) is 4.79 Å². The Kier molecular flexibility index (Phi) is 6.71. The topological polar surface area (TPSA) is 81.7 Å². The zero-order valence-corrected chi connectivity index (χ0v) is 14.8. The van der Waals surface area contributed by atoms with E-state index in [0.29, 0.717) is 16.2 Å². The average Bonchev–Trinajstić information content (AvgIpc) is 3.13. The number of carbonyl (C=O) groups is 3. The van der Waals surface area contributed by atoms with Crippen molar-refractivity contribution in [1.82, 2.24) is 5.32 Å². The van der Waals surface area contributed by atoms with E-state index in [1.165, 1.54) is 18.3 Å². The molecule has 0 aliphatic rings. The first-order chi connectivity index (χ1) is 12.0. The fourth-order valence-electron chi connectivity index (χ4n) is 2.04. The Morgan fingerprint density at radius 3 is 2.56 bits per heavy atom. The van der Waals surface area contributed by atoms with Crippen molar-refractivity contribution in [2.75, 3.05) is 13.2 Å². The molecule has 1 atom stereocenters. The van der Waals surface area contributed by atoms with Crippen molar-refractivity contribution in [3.05, 3.63) is 52.2 Å². The molecular formula is C18H19NO5S. The third-order valence-corrected chi connectivity index (χ3v) is 4.17. The molecule has 1 N–H and O–H groups in total. The Labute approximate surface area is 149 Å². The van der Waals surface area contributed by atoms with Crippen LogP contribution >= 0.6 is 11.3 Å². The van der Waals surface area contributed by atoms with Crippen LogP contribution in [0.15, 0.2) is 41.8 Å². The summed E-state index contributed by atoms with van der Waals surface area (Å²) in [4.78, 5) is 35.8. The lowest BCUT2D eigenvalue weighted by molar-refractivity contribution is -0.146. The summed E-state index contributed by atoms with van der Waals surface area (Å²) >= 11 is 1.30. The van der Waals surface area contributed by atoms with E-state index in [-0.39, 0.29) is 24.9 Å². The Balaban J connectivity index is 1.75. The van der Waals surface area contributed by atoms with Gasteiger partial charge in [0.25, 0.3) is 5.91 Å². The van der Waals surface area contributed by atoms with E-state index < -0.39 is 12.0 Å². The van der Waals surface area contributed by atoms with Crippen LogP contribution in [-0.2, 0) is 9.53 Å². The highest BCUT2D eigenvalue weighted by atomic mass is 32.1. The van der Waals surface area contributed by atoms with E-state index in [4.69, 9.17) is 9.47 Å². The van der Waals surface area contributed by atoms with E-state index in [1.807, 2.05) is 0 Å². The van der Waals surface area contributed by atoms with E-state index in [0.717, 1.165) is 0 Å². The average molecular weight is 361 g/mol. The Bertz CT molecular complexity index is 742. The van der Waals surface area contributed by atoms with Gasteiger partial charge >= 0.3 is 5.97 Å². The van der Waals surface area contributed by atoms with E-state index >= 15 is 0 Å². The first-order valence-electron chi connectivity index (χ1n) is 7.73. The second-order valence-corrected chi connectivity index (χ2v) is 6.19. The molecule has 0 aliphatic heterocycles. The molecule has 2 aromatic rings. The second kappa shape index (κ2) is 8.98. The van der Waals surface area contributed by atoms with Crippen LogP contribution in [0, 0.1) is 0 Å². The highest BCUT2D eigenvalue weighted by Gasteiger charge is 2.18. The minimum atomic E-state index is -0.765. The number of thiophene rings is 1. The zero-order chi connectivity index (χ0) is 18.2. The molecule has 0 aliphatic carbocycles. The predicted molar refractivity (Wildman–Crippen MR) is 94.1 cm³/mol. The van der Waals surface area contributed by atoms with Gasteiger partial charge in [0.15, 0.2) is 5.78 Å². The third-order valence-electron chi connectivity index (χ3n) is 3.30. The van der Waals surface area contributed by atoms with Crippen molar-refractivity contribution in [2.45, 2.75) is 19.9 Å². The van der Waals surface area contributed by atoms with E-state index in [9.17, 15) is 14.4 Å². The number of hydrogen-bond acceptors (Lipinski definition) is 6. The Morgan fingerprint density at radius 1 is 1.12 bits per heavy atom. The largest absolute Gasteiger partial charge is 0.489 e. The predicted octanol–water partition coefficient (Wildman–Crippen LogP) is 2.69. The van der Waals surface area contributed by atoms with Crippen LogP contribution in [-0.4, -0.2) is 36.9 Å². The number of esters is 1. The smallest absolute Gasteiger partial charge is 0.328 e. The second-order valence-electron chi connectivity index (χ2n) is 5.24. The number of benzene rings is 1. The van der Waals surface area contributed by atoms with Gasteiger partial charge in [-0.2, -0.15) is 0 Å². The normalized spacial score (nSPS) is 11.4. The quantitative estimate of drug-likeness (QED) is 0.444. The zero-order valence-electron chi connectivity index (χ0n) is 14.0. The molecule has 0 unspecified atom stereocenters. The van der Waals surface area contributed by atoms with Gasteiger partial charge in [0, 0.05) is 0 Å². The fourth-order valence-corrected chi connectivity index (χ4v) is 2.66. The van der Waals surface area contributed by atoms with E-state index in [2.05, 4.69) is 5.32 Å². The fraction of sp³-hybridized carbons (Fsp3) is 0.278.